The standard InChI is InChI=1S/C24H22Cl2N2O6/c1-34-18(29)11-17-21(24(32)33)22(19-13(25)6-4-7-14(19)26)20(23(30)31)16(28-17)10-9-12-5-2-3-8-15(12)27/h2-8,22,28H,9-11,27H2,1H3,(H,30,31)(H,32,33). The van der Waals surface area contributed by atoms with Crippen molar-refractivity contribution >= 4 is 46.8 Å². The molecule has 178 valence electrons. The minimum Gasteiger partial charge on any atom is -0.478 e. The van der Waals surface area contributed by atoms with Crippen LogP contribution in [-0.4, -0.2) is 35.2 Å². The van der Waals surface area contributed by atoms with E-state index in [2.05, 4.69) is 5.32 Å². The minimum absolute atomic E-state index is 0.00127. The van der Waals surface area contributed by atoms with Crippen molar-refractivity contribution in [1.82, 2.24) is 5.32 Å². The van der Waals surface area contributed by atoms with Gasteiger partial charge in [-0.2, -0.15) is 0 Å². The van der Waals surface area contributed by atoms with Crippen molar-refractivity contribution in [2.75, 3.05) is 12.8 Å². The lowest BCUT2D eigenvalue weighted by Crippen LogP contribution is -2.34. The summed E-state index contributed by atoms with van der Waals surface area (Å²) in [7, 11) is 1.17. The van der Waals surface area contributed by atoms with Crippen LogP contribution in [0.4, 0.5) is 5.69 Å². The first-order valence-electron chi connectivity index (χ1n) is 10.2. The number of esters is 1. The topological polar surface area (TPSA) is 139 Å². The van der Waals surface area contributed by atoms with Gasteiger partial charge >= 0.3 is 17.9 Å². The van der Waals surface area contributed by atoms with Gasteiger partial charge in [-0.1, -0.05) is 47.5 Å². The summed E-state index contributed by atoms with van der Waals surface area (Å²) in [6.45, 7) is 0. The molecule has 1 heterocycles. The molecule has 0 radical (unpaired) electrons. The molecule has 0 bridgehead atoms. The predicted molar refractivity (Wildman–Crippen MR) is 127 cm³/mol. The molecule has 2 aromatic carbocycles. The molecule has 10 heteroatoms. The fourth-order valence-corrected chi connectivity index (χ4v) is 4.58. The van der Waals surface area contributed by atoms with Gasteiger partial charge in [0.05, 0.1) is 30.6 Å². The summed E-state index contributed by atoms with van der Waals surface area (Å²) in [6, 6.07) is 11.7. The Hall–Kier alpha value is -3.49. The van der Waals surface area contributed by atoms with Crippen LogP contribution in [0.25, 0.3) is 0 Å². The molecule has 0 aromatic heterocycles. The Kier molecular flexibility index (Phi) is 7.86. The van der Waals surface area contributed by atoms with Crippen molar-refractivity contribution in [2.24, 2.45) is 0 Å². The molecule has 2 aromatic rings. The molecule has 8 nitrogen and oxygen atoms in total. The number of halogens is 2. The van der Waals surface area contributed by atoms with E-state index < -0.39 is 30.2 Å². The van der Waals surface area contributed by atoms with E-state index >= 15 is 0 Å². The van der Waals surface area contributed by atoms with E-state index in [1.807, 2.05) is 12.1 Å². The molecule has 0 saturated carbocycles. The van der Waals surface area contributed by atoms with E-state index in [1.54, 1.807) is 18.2 Å². The van der Waals surface area contributed by atoms with Crippen molar-refractivity contribution in [1.29, 1.82) is 0 Å². The predicted octanol–water partition coefficient (Wildman–Crippen LogP) is 4.14. The van der Waals surface area contributed by atoms with Crippen molar-refractivity contribution in [3.8, 4) is 0 Å². The van der Waals surface area contributed by atoms with Crippen LogP contribution in [0.2, 0.25) is 10.0 Å². The third kappa shape index (κ3) is 5.18. The Morgan fingerprint density at radius 2 is 1.53 bits per heavy atom. The van der Waals surface area contributed by atoms with Crippen LogP contribution in [0.5, 0.6) is 0 Å². The Labute approximate surface area is 205 Å². The Balaban J connectivity index is 2.23. The van der Waals surface area contributed by atoms with Gasteiger partial charge in [-0.05, 0) is 36.6 Å². The molecule has 3 rings (SSSR count). The Bertz CT molecular complexity index is 1200. The number of aliphatic carboxylic acids is 2. The summed E-state index contributed by atoms with van der Waals surface area (Å²) in [5, 5.41) is 23.3. The fourth-order valence-electron chi connectivity index (χ4n) is 3.96. The number of aryl methyl sites for hydroxylation is 1. The number of rotatable bonds is 8. The number of carbonyl (C=O) groups is 3. The van der Waals surface area contributed by atoms with Gasteiger partial charge in [0, 0.05) is 32.7 Å². The average molecular weight is 505 g/mol. The van der Waals surface area contributed by atoms with Gasteiger partial charge in [-0.15, -0.1) is 0 Å². The molecule has 1 aliphatic heterocycles. The average Bonchev–Trinajstić information content (AvgIpc) is 2.77. The molecule has 34 heavy (non-hydrogen) atoms. The number of anilines is 1. The highest BCUT2D eigenvalue weighted by molar-refractivity contribution is 6.36. The zero-order valence-electron chi connectivity index (χ0n) is 18.1. The van der Waals surface area contributed by atoms with E-state index in [-0.39, 0.29) is 44.6 Å². The monoisotopic (exact) mass is 504 g/mol. The number of para-hydroxylation sites is 1. The summed E-state index contributed by atoms with van der Waals surface area (Å²) < 4.78 is 4.72. The molecule has 0 saturated heterocycles. The normalized spacial score (nSPS) is 15.7. The van der Waals surface area contributed by atoms with E-state index in [0.717, 1.165) is 5.56 Å². The summed E-state index contributed by atoms with van der Waals surface area (Å²) in [5.41, 5.74) is 7.13. The van der Waals surface area contributed by atoms with Crippen LogP contribution in [0, 0.1) is 0 Å². The second-order valence-electron chi connectivity index (χ2n) is 7.54. The van der Waals surface area contributed by atoms with Gasteiger partial charge < -0.3 is 26.0 Å². The first kappa shape index (κ1) is 25.1. The number of methoxy groups -OCH3 is 1. The molecule has 0 spiro atoms. The van der Waals surface area contributed by atoms with Gasteiger partial charge in [-0.3, -0.25) is 4.79 Å². The minimum atomic E-state index is -1.42. The third-order valence-corrected chi connectivity index (χ3v) is 6.19. The molecule has 5 N–H and O–H groups in total. The lowest BCUT2D eigenvalue weighted by atomic mass is 9.78. The maximum atomic E-state index is 12.5. The number of dihydropyridines is 1. The molecule has 0 amide bonds. The quantitative estimate of drug-likeness (QED) is 0.310. The second-order valence-corrected chi connectivity index (χ2v) is 8.35. The SMILES string of the molecule is COC(=O)CC1=C(C(=O)O)C(c2c(Cl)cccc2Cl)C(C(=O)O)=C(CCc2ccccc2N)N1. The van der Waals surface area contributed by atoms with Crippen LogP contribution in [0.3, 0.4) is 0 Å². The van der Waals surface area contributed by atoms with Gasteiger partial charge in [-0.25, -0.2) is 9.59 Å². The zero-order valence-corrected chi connectivity index (χ0v) is 19.6. The summed E-state index contributed by atoms with van der Waals surface area (Å²) in [4.78, 5) is 36.9. The third-order valence-electron chi connectivity index (χ3n) is 5.53. The van der Waals surface area contributed by atoms with Gasteiger partial charge in [0.1, 0.15) is 0 Å². The smallest absolute Gasteiger partial charge is 0.334 e. The van der Waals surface area contributed by atoms with Crippen molar-refractivity contribution in [3.63, 3.8) is 0 Å². The van der Waals surface area contributed by atoms with E-state index in [4.69, 9.17) is 33.7 Å². The maximum absolute atomic E-state index is 12.5. The molecular formula is C24H22Cl2N2O6. The van der Waals surface area contributed by atoms with E-state index in [1.165, 1.54) is 19.2 Å². The van der Waals surface area contributed by atoms with Crippen LogP contribution in [0.1, 0.15) is 29.9 Å². The summed E-state index contributed by atoms with van der Waals surface area (Å²) in [5.74, 6) is -4.80. The highest BCUT2D eigenvalue weighted by atomic mass is 35.5. The first-order valence-corrected chi connectivity index (χ1v) is 10.9. The van der Waals surface area contributed by atoms with Crippen LogP contribution in [0.15, 0.2) is 65.0 Å². The van der Waals surface area contributed by atoms with Gasteiger partial charge in [0.15, 0.2) is 0 Å². The number of carboxylic acids is 2. The number of carboxylic acid groups (broad SMARTS) is 2. The Morgan fingerprint density at radius 3 is 2.09 bits per heavy atom. The first-order chi connectivity index (χ1) is 16.1. The number of carbonyl (C=O) groups excluding carboxylic acids is 1. The number of ether oxygens (including phenoxy) is 1. The number of nitrogens with one attached hydrogen (secondary N) is 1. The highest BCUT2D eigenvalue weighted by Crippen LogP contribution is 2.45. The number of nitrogen functional groups attached to an aromatic ring is 1. The number of nitrogens with two attached hydrogens (primary N) is 1. The van der Waals surface area contributed by atoms with Gasteiger partial charge in [0.25, 0.3) is 0 Å². The number of hydrogen-bond donors (Lipinski definition) is 4. The van der Waals surface area contributed by atoms with Crippen LogP contribution >= 0.6 is 23.2 Å². The summed E-state index contributed by atoms with van der Waals surface area (Å²) in [6.07, 6.45) is 0.120. The molecule has 1 aliphatic rings. The van der Waals surface area contributed by atoms with Gasteiger partial charge in [0.2, 0.25) is 0 Å². The lowest BCUT2D eigenvalue weighted by Gasteiger charge is -2.32. The fraction of sp³-hybridized carbons (Fsp3) is 0.208. The second kappa shape index (κ2) is 10.6. The molecule has 1 atom stereocenters. The van der Waals surface area contributed by atoms with Crippen molar-refractivity contribution in [3.05, 3.63) is 86.2 Å². The largest absolute Gasteiger partial charge is 0.478 e. The van der Waals surface area contributed by atoms with Crippen LogP contribution in [-0.2, 0) is 25.5 Å². The van der Waals surface area contributed by atoms with Crippen molar-refractivity contribution < 1.29 is 29.3 Å². The molecular weight excluding hydrogens is 483 g/mol. The molecule has 1 unspecified atom stereocenters. The molecule has 0 aliphatic carbocycles. The lowest BCUT2D eigenvalue weighted by molar-refractivity contribution is -0.139. The van der Waals surface area contributed by atoms with Crippen LogP contribution < -0.4 is 11.1 Å². The zero-order chi connectivity index (χ0) is 25.0. The van der Waals surface area contributed by atoms with Crippen molar-refractivity contribution in [2.45, 2.75) is 25.2 Å². The Morgan fingerprint density at radius 1 is 0.941 bits per heavy atom. The number of hydrogen-bond acceptors (Lipinski definition) is 6. The number of allylic oxidation sites excluding steroid dienone is 1. The van der Waals surface area contributed by atoms with E-state index in [0.29, 0.717) is 12.1 Å². The summed E-state index contributed by atoms with van der Waals surface area (Å²) >= 11 is 12.8. The highest BCUT2D eigenvalue weighted by Gasteiger charge is 2.40. The van der Waals surface area contributed by atoms with E-state index in [9.17, 15) is 24.6 Å². The number of benzene rings is 2. The molecule has 0 fully saturated rings. The maximum Gasteiger partial charge on any atom is 0.334 e.